The number of carbonyl (C=O) groups is 1. The maximum absolute atomic E-state index is 12.9. The van der Waals surface area contributed by atoms with Crippen molar-refractivity contribution in [2.24, 2.45) is 5.14 Å². The Balaban J connectivity index is 1.77. The molecule has 3 N–H and O–H groups in total. The van der Waals surface area contributed by atoms with Crippen LogP contribution in [-0.2, 0) is 16.6 Å². The average Bonchev–Trinajstić information content (AvgIpc) is 3.02. The Morgan fingerprint density at radius 1 is 1.10 bits per heavy atom. The summed E-state index contributed by atoms with van der Waals surface area (Å²) in [6, 6.07) is 14.3. The molecule has 0 aliphatic carbocycles. The number of carbonyl (C=O) groups excluding carboxylic acids is 1. The number of nitrogens with zero attached hydrogens (tertiary/aromatic N) is 2. The number of methoxy groups -OCH3 is 2. The van der Waals surface area contributed by atoms with Crippen molar-refractivity contribution >= 4 is 16.2 Å². The smallest absolute Gasteiger partial charge is 0.335 e. The van der Waals surface area contributed by atoms with Crippen molar-refractivity contribution in [3.8, 4) is 11.5 Å². The first kappa shape index (κ1) is 21.9. The zero-order chi connectivity index (χ0) is 21.7. The van der Waals surface area contributed by atoms with Gasteiger partial charge in [-0.2, -0.15) is 8.42 Å². The molecule has 3 rings (SSSR count). The molecule has 0 spiro atoms. The van der Waals surface area contributed by atoms with Gasteiger partial charge in [-0.1, -0.05) is 30.3 Å². The Bertz CT molecular complexity index is 981. The highest BCUT2D eigenvalue weighted by atomic mass is 32.2. The third-order valence-electron chi connectivity index (χ3n) is 4.97. The average molecular weight is 435 g/mol. The summed E-state index contributed by atoms with van der Waals surface area (Å²) >= 11 is 0. The first-order valence-corrected chi connectivity index (χ1v) is 11.0. The lowest BCUT2D eigenvalue weighted by Gasteiger charge is -2.24. The van der Waals surface area contributed by atoms with Crippen LogP contribution in [0.5, 0.6) is 11.5 Å². The van der Waals surface area contributed by atoms with Crippen LogP contribution in [0, 0.1) is 0 Å². The van der Waals surface area contributed by atoms with Crippen LogP contribution in [0.1, 0.15) is 23.6 Å². The molecule has 1 fully saturated rings. The largest absolute Gasteiger partial charge is 0.497 e. The van der Waals surface area contributed by atoms with E-state index in [9.17, 15) is 13.2 Å². The van der Waals surface area contributed by atoms with Gasteiger partial charge in [0.2, 0.25) is 0 Å². The molecule has 0 saturated carbocycles. The number of para-hydroxylation sites is 1. The Morgan fingerprint density at radius 2 is 1.80 bits per heavy atom. The molecule has 162 valence electrons. The lowest BCUT2D eigenvalue weighted by molar-refractivity contribution is 0.181. The van der Waals surface area contributed by atoms with Gasteiger partial charge in [-0.15, -0.1) is 4.83 Å². The van der Waals surface area contributed by atoms with E-state index in [1.807, 2.05) is 48.5 Å². The van der Waals surface area contributed by atoms with E-state index >= 15 is 0 Å². The molecule has 1 heterocycles. The van der Waals surface area contributed by atoms with Crippen LogP contribution in [0.25, 0.3) is 0 Å². The molecule has 10 heteroatoms. The van der Waals surface area contributed by atoms with Crippen molar-refractivity contribution in [3.63, 3.8) is 0 Å². The van der Waals surface area contributed by atoms with Crippen LogP contribution in [0.3, 0.4) is 0 Å². The lowest BCUT2D eigenvalue weighted by atomic mass is 10.0. The second-order valence-corrected chi connectivity index (χ2v) is 8.20. The number of amides is 2. The fourth-order valence-corrected chi connectivity index (χ4v) is 4.03. The quantitative estimate of drug-likeness (QED) is 0.625. The lowest BCUT2D eigenvalue weighted by Crippen LogP contribution is -2.47. The van der Waals surface area contributed by atoms with Gasteiger partial charge >= 0.3 is 6.03 Å². The number of aryl methyl sites for hydroxylation is 1. The predicted octanol–water partition coefficient (Wildman–Crippen LogP) is 1.82. The zero-order valence-electron chi connectivity index (χ0n) is 16.9. The maximum atomic E-state index is 12.9. The van der Waals surface area contributed by atoms with Gasteiger partial charge in [-0.25, -0.2) is 14.9 Å². The van der Waals surface area contributed by atoms with Crippen LogP contribution >= 0.6 is 0 Å². The van der Waals surface area contributed by atoms with Crippen molar-refractivity contribution < 1.29 is 22.7 Å². The normalized spacial score (nSPS) is 16.8. The summed E-state index contributed by atoms with van der Waals surface area (Å²) in [5.74, 6) is 1.42. The summed E-state index contributed by atoms with van der Waals surface area (Å²) in [6.07, 6.45) is 1.46. The molecule has 1 aliphatic heterocycles. The van der Waals surface area contributed by atoms with Gasteiger partial charge in [-0.3, -0.25) is 0 Å². The van der Waals surface area contributed by atoms with E-state index in [4.69, 9.17) is 14.6 Å². The van der Waals surface area contributed by atoms with Gasteiger partial charge in [0, 0.05) is 12.1 Å². The van der Waals surface area contributed by atoms with Crippen LogP contribution < -0.4 is 19.4 Å². The molecule has 0 radical (unpaired) electrons. The SMILES string of the molecule is COc1ccc(CCCN2C(=O)N(NS(N)(=O)=O)CC2c2ccccc2OC)cc1. The molecule has 2 aromatic rings. The van der Waals surface area contributed by atoms with Gasteiger partial charge in [0.25, 0.3) is 10.2 Å². The molecule has 30 heavy (non-hydrogen) atoms. The topological polar surface area (TPSA) is 114 Å². The minimum absolute atomic E-state index is 0.123. The molecular formula is C20H26N4O5S. The number of rotatable bonds is 9. The number of hydrogen-bond donors (Lipinski definition) is 2. The number of benzene rings is 2. The van der Waals surface area contributed by atoms with Gasteiger partial charge in [-0.05, 0) is 36.6 Å². The molecule has 2 amide bonds. The first-order chi connectivity index (χ1) is 14.3. The minimum atomic E-state index is -4.07. The minimum Gasteiger partial charge on any atom is -0.497 e. The monoisotopic (exact) mass is 434 g/mol. The van der Waals surface area contributed by atoms with Crippen LogP contribution in [0.2, 0.25) is 0 Å². The maximum Gasteiger partial charge on any atom is 0.335 e. The predicted molar refractivity (Wildman–Crippen MR) is 112 cm³/mol. The second kappa shape index (κ2) is 9.33. The highest BCUT2D eigenvalue weighted by molar-refractivity contribution is 7.87. The summed E-state index contributed by atoms with van der Waals surface area (Å²) in [5.41, 5.74) is 1.92. The second-order valence-electron chi connectivity index (χ2n) is 6.93. The standard InChI is InChI=1S/C20H26N4O5S/c1-28-16-11-9-15(10-12-16)6-5-13-23-18(17-7-3-4-8-19(17)29-2)14-24(20(23)25)22-30(21,26)27/h3-4,7-12,18,22H,5-6,13-14H2,1-2H3,(H2,21,26,27). The number of ether oxygens (including phenoxy) is 2. The Labute approximate surface area is 176 Å². The first-order valence-electron chi connectivity index (χ1n) is 9.46. The number of nitrogens with two attached hydrogens (primary N) is 1. The van der Waals surface area contributed by atoms with Crippen molar-refractivity contribution in [3.05, 3.63) is 59.7 Å². The number of urea groups is 1. The molecule has 2 aromatic carbocycles. The van der Waals surface area contributed by atoms with Crippen molar-refractivity contribution in [1.29, 1.82) is 0 Å². The molecule has 0 bridgehead atoms. The summed E-state index contributed by atoms with van der Waals surface area (Å²) in [7, 11) is -0.892. The van der Waals surface area contributed by atoms with E-state index < -0.39 is 16.2 Å². The molecular weight excluding hydrogens is 408 g/mol. The zero-order valence-corrected chi connectivity index (χ0v) is 17.8. The van der Waals surface area contributed by atoms with Gasteiger partial charge in [0.15, 0.2) is 0 Å². The van der Waals surface area contributed by atoms with Gasteiger partial charge in [0.05, 0.1) is 26.8 Å². The Hall–Kier alpha value is -2.82. The molecule has 1 saturated heterocycles. The highest BCUT2D eigenvalue weighted by Crippen LogP contribution is 2.34. The van der Waals surface area contributed by atoms with Crippen molar-refractivity contribution in [1.82, 2.24) is 14.7 Å². The van der Waals surface area contributed by atoms with Gasteiger partial charge < -0.3 is 14.4 Å². The third-order valence-corrected chi connectivity index (χ3v) is 5.44. The molecule has 1 atom stereocenters. The molecule has 9 nitrogen and oxygen atoms in total. The van der Waals surface area contributed by atoms with E-state index in [0.29, 0.717) is 18.7 Å². The highest BCUT2D eigenvalue weighted by Gasteiger charge is 2.40. The number of nitrogens with one attached hydrogen (secondary N) is 1. The van der Waals surface area contributed by atoms with E-state index in [1.165, 1.54) is 0 Å². The Morgan fingerprint density at radius 3 is 2.43 bits per heavy atom. The van der Waals surface area contributed by atoms with E-state index in [0.717, 1.165) is 28.3 Å². The number of hydrogen-bond acceptors (Lipinski definition) is 5. The molecule has 0 aromatic heterocycles. The third kappa shape index (κ3) is 5.21. The van der Waals surface area contributed by atoms with Crippen LogP contribution in [0.15, 0.2) is 48.5 Å². The number of hydrazine groups is 1. The molecule has 1 aliphatic rings. The summed E-state index contributed by atoms with van der Waals surface area (Å²) in [4.78, 5) is 16.6. The van der Waals surface area contributed by atoms with E-state index in [-0.39, 0.29) is 12.6 Å². The summed E-state index contributed by atoms with van der Waals surface area (Å²) in [6.45, 7) is 0.564. The summed E-state index contributed by atoms with van der Waals surface area (Å²) < 4.78 is 33.6. The van der Waals surface area contributed by atoms with E-state index in [2.05, 4.69) is 4.83 Å². The van der Waals surface area contributed by atoms with Crippen LogP contribution in [0.4, 0.5) is 4.79 Å². The van der Waals surface area contributed by atoms with E-state index in [1.54, 1.807) is 19.1 Å². The van der Waals surface area contributed by atoms with Crippen molar-refractivity contribution in [2.45, 2.75) is 18.9 Å². The van der Waals surface area contributed by atoms with Crippen LogP contribution in [-0.4, -0.2) is 51.7 Å². The molecule has 1 unspecified atom stereocenters. The summed E-state index contributed by atoms with van der Waals surface area (Å²) in [5, 5.41) is 6.10. The Kier molecular flexibility index (Phi) is 6.80. The fraction of sp³-hybridized carbons (Fsp3) is 0.350. The van der Waals surface area contributed by atoms with Gasteiger partial charge in [0.1, 0.15) is 11.5 Å². The van der Waals surface area contributed by atoms with Crippen molar-refractivity contribution in [2.75, 3.05) is 27.3 Å². The fourth-order valence-electron chi connectivity index (χ4n) is 3.57.